The molecule has 0 spiro atoms. The molecule has 8 rings (SSSR count). The van der Waals surface area contributed by atoms with Crippen molar-refractivity contribution in [1.82, 2.24) is 55.3 Å². The van der Waals surface area contributed by atoms with Crippen molar-refractivity contribution in [3.05, 3.63) is 114 Å². The molecule has 0 amide bonds. The van der Waals surface area contributed by atoms with Crippen LogP contribution < -0.4 is 20.9 Å². The highest BCUT2D eigenvalue weighted by molar-refractivity contribution is 5.85. The van der Waals surface area contributed by atoms with E-state index < -0.39 is 24.5 Å². The van der Waals surface area contributed by atoms with Gasteiger partial charge in [0.1, 0.15) is 12.2 Å². The van der Waals surface area contributed by atoms with E-state index in [2.05, 4.69) is 65.6 Å². The van der Waals surface area contributed by atoms with Crippen LogP contribution in [0.15, 0.2) is 96.4 Å². The van der Waals surface area contributed by atoms with Gasteiger partial charge in [-0.25, -0.2) is 9.98 Å². The van der Waals surface area contributed by atoms with Crippen molar-refractivity contribution in [1.29, 1.82) is 5.26 Å². The van der Waals surface area contributed by atoms with Crippen LogP contribution in [0.5, 0.6) is 0 Å². The molecule has 6 heterocycles. The van der Waals surface area contributed by atoms with Crippen molar-refractivity contribution >= 4 is 28.9 Å². The summed E-state index contributed by atoms with van der Waals surface area (Å²) in [6, 6.07) is 26.1. The highest BCUT2D eigenvalue weighted by Gasteiger charge is 2.47. The number of ether oxygens (including phenoxy) is 1. The maximum atomic E-state index is 11.3. The molecule has 6 aromatic rings. The predicted octanol–water partition coefficient (Wildman–Crippen LogP) is 2.26. The van der Waals surface area contributed by atoms with Gasteiger partial charge in [0, 0.05) is 37.8 Å². The molecule has 0 saturated carbocycles. The molecule has 0 aliphatic carbocycles. The van der Waals surface area contributed by atoms with Crippen LogP contribution in [0, 0.1) is 11.5 Å². The quantitative estimate of drug-likeness (QED) is 0.0523. The summed E-state index contributed by atoms with van der Waals surface area (Å²) in [7, 11) is 0. The Kier molecular flexibility index (Phi) is 10.7. The number of anilines is 2. The lowest BCUT2D eigenvalue weighted by Crippen LogP contribution is -2.43. The highest BCUT2D eigenvalue weighted by Crippen LogP contribution is 2.39. The standard InChI is InChI=1S/C38H41N15O3/c1-2-53-49-34(48-50-53)32-30(54)31(55)36(56-32)52-23-44-29-33(41-20-28(24-11-5-3-6-12-24)25-13-7-4-8-14-25)46-38(47-35(29)52)51-18-16-27(21-51)45-37(43-22-39)42-19-26-15-9-10-17-40-26/h3-15,17,23,27-28,30-32,36,54-55H,2,16,18-21H2,1H3,(H,41,46,47)(H2,42,43,45)/t27?,30-,31+,32-,36+/m0/s1. The molecule has 0 bridgehead atoms. The number of aliphatic hydroxyl groups excluding tert-OH is 2. The molecular weight excluding hydrogens is 715 g/mol. The normalized spacial score (nSPS) is 21.1. The van der Waals surface area contributed by atoms with Crippen molar-refractivity contribution in [3.63, 3.8) is 0 Å². The van der Waals surface area contributed by atoms with Gasteiger partial charge < -0.3 is 30.5 Å². The molecule has 2 fully saturated rings. The fourth-order valence-electron chi connectivity index (χ4n) is 7.04. The van der Waals surface area contributed by atoms with E-state index in [-0.39, 0.29) is 17.8 Å². The number of nitriles is 1. The Bertz CT molecular complexity index is 2260. The molecule has 1 unspecified atom stereocenters. The van der Waals surface area contributed by atoms with Gasteiger partial charge in [0.15, 0.2) is 35.5 Å². The Morgan fingerprint density at radius 2 is 1.77 bits per heavy atom. The van der Waals surface area contributed by atoms with Gasteiger partial charge >= 0.3 is 0 Å². The molecule has 2 aliphatic heterocycles. The smallest absolute Gasteiger partial charge is 0.229 e. The second-order valence-electron chi connectivity index (χ2n) is 13.5. The van der Waals surface area contributed by atoms with E-state index in [1.165, 1.54) is 11.1 Å². The fourth-order valence-corrected chi connectivity index (χ4v) is 7.04. The van der Waals surface area contributed by atoms with Crippen LogP contribution in [0.25, 0.3) is 11.2 Å². The fraction of sp³-hybridized carbons (Fsp3) is 0.342. The number of hydrogen-bond acceptors (Lipinski definition) is 14. The van der Waals surface area contributed by atoms with Crippen molar-refractivity contribution in [2.24, 2.45) is 4.99 Å². The molecule has 5 atom stereocenters. The van der Waals surface area contributed by atoms with Crippen molar-refractivity contribution in [2.45, 2.75) is 62.9 Å². The lowest BCUT2D eigenvalue weighted by atomic mass is 9.91. The van der Waals surface area contributed by atoms with Gasteiger partial charge in [-0.3, -0.25) is 14.9 Å². The average molecular weight is 756 g/mol. The van der Waals surface area contributed by atoms with Crippen LogP contribution in [0.2, 0.25) is 0 Å². The van der Waals surface area contributed by atoms with Gasteiger partial charge in [0.2, 0.25) is 17.7 Å². The first-order valence-electron chi connectivity index (χ1n) is 18.5. The Balaban J connectivity index is 1.10. The van der Waals surface area contributed by atoms with Crippen LogP contribution in [0.4, 0.5) is 11.8 Å². The molecule has 18 heteroatoms. The van der Waals surface area contributed by atoms with Gasteiger partial charge in [0.25, 0.3) is 0 Å². The van der Waals surface area contributed by atoms with Crippen molar-refractivity contribution in [3.8, 4) is 6.19 Å². The largest absolute Gasteiger partial charge is 0.387 e. The molecule has 0 radical (unpaired) electrons. The third kappa shape index (κ3) is 7.68. The van der Waals surface area contributed by atoms with Crippen molar-refractivity contribution < 1.29 is 14.9 Å². The molecule has 56 heavy (non-hydrogen) atoms. The number of imidazole rings is 1. The molecule has 2 aromatic carbocycles. The number of nitrogens with one attached hydrogen (secondary N) is 3. The van der Waals surface area contributed by atoms with Gasteiger partial charge in [-0.2, -0.15) is 20.0 Å². The number of tetrazole rings is 1. The summed E-state index contributed by atoms with van der Waals surface area (Å²) in [6.45, 7) is 4.27. The van der Waals surface area contributed by atoms with Crippen LogP contribution in [0.1, 0.15) is 54.2 Å². The number of pyridine rings is 1. The van der Waals surface area contributed by atoms with E-state index in [1.54, 1.807) is 10.8 Å². The van der Waals surface area contributed by atoms with E-state index in [4.69, 9.17) is 19.7 Å². The number of fused-ring (bicyclic) bond motifs is 1. The lowest BCUT2D eigenvalue weighted by molar-refractivity contribution is -0.0384. The molecule has 2 saturated heterocycles. The minimum absolute atomic E-state index is 0.00956. The monoisotopic (exact) mass is 755 g/mol. The Hall–Kier alpha value is -6.55. The maximum Gasteiger partial charge on any atom is 0.229 e. The predicted molar refractivity (Wildman–Crippen MR) is 205 cm³/mol. The molecule has 286 valence electrons. The Morgan fingerprint density at radius 1 is 1.00 bits per heavy atom. The van der Waals surface area contributed by atoms with E-state index in [9.17, 15) is 15.5 Å². The third-order valence-electron chi connectivity index (χ3n) is 9.92. The Morgan fingerprint density at radius 3 is 2.46 bits per heavy atom. The van der Waals surface area contributed by atoms with E-state index in [0.29, 0.717) is 68.0 Å². The van der Waals surface area contributed by atoms with E-state index >= 15 is 0 Å². The molecule has 2 aliphatic rings. The first-order chi connectivity index (χ1) is 27.5. The third-order valence-corrected chi connectivity index (χ3v) is 9.92. The van der Waals surface area contributed by atoms with E-state index in [1.807, 2.05) is 72.6 Å². The van der Waals surface area contributed by atoms with Gasteiger partial charge in [-0.1, -0.05) is 66.7 Å². The van der Waals surface area contributed by atoms with Gasteiger partial charge in [-0.05, 0) is 41.8 Å². The number of benzene rings is 2. The Labute approximate surface area is 321 Å². The summed E-state index contributed by atoms with van der Waals surface area (Å²) >= 11 is 0. The van der Waals surface area contributed by atoms with Gasteiger partial charge in [-0.15, -0.1) is 10.2 Å². The maximum absolute atomic E-state index is 11.3. The van der Waals surface area contributed by atoms with Crippen LogP contribution in [-0.2, 0) is 17.8 Å². The number of hydrogen-bond donors (Lipinski definition) is 5. The zero-order valence-electron chi connectivity index (χ0n) is 30.5. The van der Waals surface area contributed by atoms with Crippen molar-refractivity contribution in [2.75, 3.05) is 29.9 Å². The van der Waals surface area contributed by atoms with Crippen LogP contribution in [-0.4, -0.2) is 98.8 Å². The number of aromatic nitrogens is 9. The molecule has 5 N–H and O–H groups in total. The molecule has 4 aromatic heterocycles. The lowest BCUT2D eigenvalue weighted by Gasteiger charge is -2.22. The number of guanidine groups is 1. The van der Waals surface area contributed by atoms with Crippen LogP contribution >= 0.6 is 0 Å². The summed E-state index contributed by atoms with van der Waals surface area (Å²) in [6.07, 6.45) is 1.16. The summed E-state index contributed by atoms with van der Waals surface area (Å²) in [5, 5.41) is 53.8. The van der Waals surface area contributed by atoms with E-state index in [0.717, 1.165) is 16.8 Å². The number of aliphatic hydroxyl groups is 2. The summed E-state index contributed by atoms with van der Waals surface area (Å²) < 4.78 is 7.84. The molecular formula is C38H41N15O3. The SMILES string of the molecule is CCn1nnc([C@H]2O[C@@H](n3cnc4c(NCC(c5ccccc5)c5ccccc5)nc(N5CCC(NC(=NCc6ccccn6)NC#N)C5)nc43)[C@H](O)[C@@H]2O)n1. The summed E-state index contributed by atoms with van der Waals surface area (Å²) in [4.78, 5) is 27.0. The zero-order valence-corrected chi connectivity index (χ0v) is 30.5. The number of aliphatic imine (C=N–C) groups is 1. The summed E-state index contributed by atoms with van der Waals surface area (Å²) in [5.41, 5.74) is 3.92. The molecule has 18 nitrogen and oxygen atoms in total. The number of rotatable bonds is 12. The summed E-state index contributed by atoms with van der Waals surface area (Å²) in [5.74, 6) is 1.44. The van der Waals surface area contributed by atoms with Gasteiger partial charge in [0.05, 0.1) is 25.1 Å². The second kappa shape index (κ2) is 16.4. The zero-order chi connectivity index (χ0) is 38.4. The first kappa shape index (κ1) is 36.4. The number of aryl methyl sites for hydroxylation is 1. The number of nitrogens with zero attached hydrogens (tertiary/aromatic N) is 12. The second-order valence-corrected chi connectivity index (χ2v) is 13.5. The van der Waals surface area contributed by atoms with Crippen LogP contribution in [0.3, 0.4) is 0 Å². The topological polar surface area (TPSA) is 225 Å². The minimum Gasteiger partial charge on any atom is -0.387 e. The minimum atomic E-state index is -1.35. The first-order valence-corrected chi connectivity index (χ1v) is 18.5. The average Bonchev–Trinajstić information content (AvgIpc) is 4.06. The highest BCUT2D eigenvalue weighted by atomic mass is 16.6.